The zero-order chi connectivity index (χ0) is 33.9. The first kappa shape index (κ1) is 43.6. The van der Waals surface area contributed by atoms with Crippen LogP contribution in [-0.4, -0.2) is 40.9 Å². The summed E-state index contributed by atoms with van der Waals surface area (Å²) >= 11 is 3.15. The number of benzene rings is 1. The molecule has 1 radical (unpaired) electrons. The Hall–Kier alpha value is -2.52. The van der Waals surface area contributed by atoms with Gasteiger partial charge in [-0.1, -0.05) is 62.3 Å². The summed E-state index contributed by atoms with van der Waals surface area (Å²) in [6.45, 7) is 30.0. The number of aliphatic hydroxyl groups is 1. The second-order valence-electron chi connectivity index (χ2n) is 11.2. The number of rotatable bonds is 11. The molecular weight excluding hydrogens is 605 g/mol. The van der Waals surface area contributed by atoms with E-state index in [1.165, 1.54) is 72.9 Å². The van der Waals surface area contributed by atoms with E-state index in [4.69, 9.17) is 9.84 Å². The van der Waals surface area contributed by atoms with Gasteiger partial charge in [0.05, 0.1) is 6.26 Å². The molecule has 1 aliphatic heterocycles. The van der Waals surface area contributed by atoms with Crippen molar-refractivity contribution in [2.45, 2.75) is 116 Å². The number of nitrogens with one attached hydrogen (secondary N) is 1. The van der Waals surface area contributed by atoms with Crippen LogP contribution in [0.1, 0.15) is 108 Å². The number of aliphatic hydroxyl groups excluding tert-OH is 1. The first-order valence-electron chi connectivity index (χ1n) is 16.1. The Labute approximate surface area is 280 Å². The van der Waals surface area contributed by atoms with E-state index in [2.05, 4.69) is 125 Å². The average molecular weight is 670 g/mol. The number of methoxy groups -OCH3 is 1. The van der Waals surface area contributed by atoms with Gasteiger partial charge in [0.1, 0.15) is 0 Å². The van der Waals surface area contributed by atoms with Crippen LogP contribution in [-0.2, 0) is 17.6 Å². The van der Waals surface area contributed by atoms with Crippen LogP contribution in [0, 0.1) is 6.92 Å². The summed E-state index contributed by atoms with van der Waals surface area (Å²) in [5, 5.41) is 10.8. The van der Waals surface area contributed by atoms with Crippen molar-refractivity contribution in [3.63, 3.8) is 0 Å². The van der Waals surface area contributed by atoms with Gasteiger partial charge in [0.2, 0.25) is 0 Å². The summed E-state index contributed by atoms with van der Waals surface area (Å²) in [7, 11) is 1.71. The standard InChI is InChI=1S/C22H32.C11H18NOSe.C3H6.C2H4O.C2H4/c1-5-7-8-12-19-15-18(4)22(20(16-19)10-6-2)21-13-9-11-17(3)14-21;1-8-10(5-4-6-13-3)7-11(12-8)9(2)14;1-3-2;1-2-3;1-2/h6,14-16,21H,2,5,7-13H2,1,3-4H3;4-5,9,11-12H,6-7H2,1-3H3;3H,1H2,2H3;2-3H,1H2;1-2H2/b;5-4+;;;. The monoisotopic (exact) mass is 670 g/mol. The zero-order valence-electron chi connectivity index (χ0n) is 29.2. The summed E-state index contributed by atoms with van der Waals surface area (Å²) in [6, 6.07) is 5.45. The van der Waals surface area contributed by atoms with Gasteiger partial charge in [-0.15, -0.1) is 26.3 Å². The summed E-state index contributed by atoms with van der Waals surface area (Å²) in [5.41, 5.74) is 10.4. The molecule has 0 fully saturated rings. The topological polar surface area (TPSA) is 41.5 Å². The van der Waals surface area contributed by atoms with Gasteiger partial charge in [-0.2, -0.15) is 0 Å². The van der Waals surface area contributed by atoms with Crippen molar-refractivity contribution in [1.82, 2.24) is 5.32 Å². The molecule has 0 spiro atoms. The first-order chi connectivity index (χ1) is 21.1. The molecule has 1 heterocycles. The second-order valence-corrected chi connectivity index (χ2v) is 12.8. The zero-order valence-corrected chi connectivity index (χ0v) is 30.9. The average Bonchev–Trinajstić information content (AvgIpc) is 3.36. The Morgan fingerprint density at radius 1 is 1.14 bits per heavy atom. The van der Waals surface area contributed by atoms with Gasteiger partial charge >= 0.3 is 94.3 Å². The molecule has 0 saturated heterocycles. The van der Waals surface area contributed by atoms with E-state index < -0.39 is 0 Å². The number of unbranched alkanes of at least 4 members (excludes halogenated alkanes) is 2. The Morgan fingerprint density at radius 2 is 1.77 bits per heavy atom. The third kappa shape index (κ3) is 18.3. The predicted octanol–water partition coefficient (Wildman–Crippen LogP) is 11.2. The Morgan fingerprint density at radius 3 is 2.27 bits per heavy atom. The van der Waals surface area contributed by atoms with Gasteiger partial charge < -0.3 is 5.11 Å². The molecule has 1 aromatic rings. The maximum atomic E-state index is 7.33. The Bertz CT molecular complexity index is 1030. The molecule has 3 rings (SSSR count). The van der Waals surface area contributed by atoms with Crippen molar-refractivity contribution in [3.8, 4) is 0 Å². The summed E-state index contributed by atoms with van der Waals surface area (Å²) in [5.74, 6) is 0.619. The fraction of sp³-hybridized carbons (Fsp3) is 0.500. The van der Waals surface area contributed by atoms with E-state index in [0.717, 1.165) is 19.1 Å². The van der Waals surface area contributed by atoms with Crippen LogP contribution < -0.4 is 5.32 Å². The van der Waals surface area contributed by atoms with Crippen molar-refractivity contribution in [2.24, 2.45) is 0 Å². The van der Waals surface area contributed by atoms with E-state index >= 15 is 0 Å². The molecule has 247 valence electrons. The summed E-state index contributed by atoms with van der Waals surface area (Å²) in [4.78, 5) is 0.568. The Balaban J connectivity index is 0. The molecule has 0 bridgehead atoms. The van der Waals surface area contributed by atoms with Crippen LogP contribution in [0.2, 0.25) is 4.82 Å². The minimum absolute atomic E-state index is 0.553. The fourth-order valence-electron chi connectivity index (χ4n) is 5.44. The fourth-order valence-corrected chi connectivity index (χ4v) is 5.79. The van der Waals surface area contributed by atoms with Crippen molar-refractivity contribution >= 4 is 16.0 Å². The van der Waals surface area contributed by atoms with E-state index in [1.54, 1.807) is 24.3 Å². The van der Waals surface area contributed by atoms with Crippen molar-refractivity contribution in [3.05, 3.63) is 121 Å². The summed E-state index contributed by atoms with van der Waals surface area (Å²) in [6.07, 6.45) is 22.5. The molecule has 2 aliphatic rings. The third-order valence-electron chi connectivity index (χ3n) is 7.38. The normalized spacial score (nSPS) is 17.5. The Kier molecular flexibility index (Phi) is 27.7. The third-order valence-corrected chi connectivity index (χ3v) is 8.07. The molecule has 0 amide bonds. The van der Waals surface area contributed by atoms with Gasteiger partial charge in [-0.25, -0.2) is 0 Å². The van der Waals surface area contributed by atoms with E-state index in [1.807, 2.05) is 6.92 Å². The molecule has 3 nitrogen and oxygen atoms in total. The van der Waals surface area contributed by atoms with E-state index in [0.29, 0.717) is 23.4 Å². The molecule has 0 saturated carbocycles. The molecule has 4 heteroatoms. The number of hydrogen-bond donors (Lipinski definition) is 2. The molecule has 1 aliphatic carbocycles. The molecule has 0 aromatic heterocycles. The van der Waals surface area contributed by atoms with Crippen LogP contribution in [0.5, 0.6) is 0 Å². The van der Waals surface area contributed by atoms with Gasteiger partial charge in [0.25, 0.3) is 0 Å². The molecule has 3 unspecified atom stereocenters. The molecule has 44 heavy (non-hydrogen) atoms. The molecule has 1 aromatic carbocycles. The molecule has 2 N–H and O–H groups in total. The van der Waals surface area contributed by atoms with E-state index in [-0.39, 0.29) is 0 Å². The number of aryl methyl sites for hydroxylation is 2. The minimum atomic E-state index is 0.553. The van der Waals surface area contributed by atoms with Crippen molar-refractivity contribution in [1.29, 1.82) is 0 Å². The quantitative estimate of drug-likeness (QED) is 0.107. The second kappa shape index (κ2) is 28.0. The SMILES string of the molecule is C=C.C=CC.C=CCc1cc(CCCCC)cc(C)c1C1C=C(C)CCC1.C=CO.COC/C=C/C1=C(C)NC(C(C)[Se])C1. The van der Waals surface area contributed by atoms with Crippen molar-refractivity contribution in [2.75, 3.05) is 13.7 Å². The van der Waals surface area contributed by atoms with Gasteiger partial charge in [-0.05, 0) is 81.5 Å². The number of allylic oxidation sites excluding steroid dienone is 6. The molecular formula is C40H64NO2Se. The number of hydrogen-bond acceptors (Lipinski definition) is 3. The van der Waals surface area contributed by atoms with Crippen LogP contribution >= 0.6 is 0 Å². The number of ether oxygens (including phenoxy) is 1. The van der Waals surface area contributed by atoms with Crippen LogP contribution in [0.3, 0.4) is 0 Å². The predicted molar refractivity (Wildman–Crippen MR) is 199 cm³/mol. The maximum absolute atomic E-state index is 7.33. The van der Waals surface area contributed by atoms with Crippen LogP contribution in [0.15, 0.2) is 98.5 Å². The van der Waals surface area contributed by atoms with Gasteiger partial charge in [0.15, 0.2) is 0 Å². The molecule has 3 atom stereocenters. The van der Waals surface area contributed by atoms with Crippen LogP contribution in [0.4, 0.5) is 0 Å². The summed E-state index contributed by atoms with van der Waals surface area (Å²) < 4.78 is 4.98. The van der Waals surface area contributed by atoms with Crippen molar-refractivity contribution < 1.29 is 9.84 Å². The van der Waals surface area contributed by atoms with Crippen LogP contribution in [0.25, 0.3) is 0 Å². The first-order valence-corrected chi connectivity index (χ1v) is 17.1. The van der Waals surface area contributed by atoms with Gasteiger partial charge in [-0.3, -0.25) is 0 Å². The van der Waals surface area contributed by atoms with E-state index in [9.17, 15) is 0 Å². The van der Waals surface area contributed by atoms with Gasteiger partial charge in [0, 0.05) is 5.92 Å².